The molecule has 0 heterocycles. The van der Waals surface area contributed by atoms with Gasteiger partial charge in [-0.25, -0.2) is 13.1 Å². The van der Waals surface area contributed by atoms with Gasteiger partial charge in [0.15, 0.2) is 5.25 Å². The summed E-state index contributed by atoms with van der Waals surface area (Å²) in [7, 11) is -3.93. The molecule has 0 aliphatic rings. The van der Waals surface area contributed by atoms with Crippen molar-refractivity contribution in [2.24, 2.45) is 0 Å². The van der Waals surface area contributed by atoms with E-state index < -0.39 is 27.3 Å². The highest BCUT2D eigenvalue weighted by molar-refractivity contribution is 7.90. The van der Waals surface area contributed by atoms with E-state index in [-0.39, 0.29) is 6.10 Å². The summed E-state index contributed by atoms with van der Waals surface area (Å²) in [4.78, 5) is 10.8. The lowest BCUT2D eigenvalue weighted by Gasteiger charge is -2.18. The van der Waals surface area contributed by atoms with Gasteiger partial charge in [-0.05, 0) is 45.4 Å². The van der Waals surface area contributed by atoms with Gasteiger partial charge in [0.2, 0.25) is 10.0 Å². The molecule has 0 spiro atoms. The van der Waals surface area contributed by atoms with Crippen LogP contribution in [-0.4, -0.2) is 30.8 Å². The van der Waals surface area contributed by atoms with Gasteiger partial charge in [-0.15, -0.1) is 0 Å². The van der Waals surface area contributed by atoms with Crippen LogP contribution in [0.5, 0.6) is 5.75 Å². The van der Waals surface area contributed by atoms with Gasteiger partial charge in [-0.1, -0.05) is 12.1 Å². The molecular formula is C14H21NO5S. The summed E-state index contributed by atoms with van der Waals surface area (Å²) in [6.45, 7) is 6.58. The smallest absolute Gasteiger partial charge is 0.323 e. The summed E-state index contributed by atoms with van der Waals surface area (Å²) in [6, 6.07) is 6.49. The number of aliphatic carboxylic acids is 1. The molecule has 118 valence electrons. The fraction of sp³-hybridized carbons (Fsp3) is 0.500. The molecule has 0 amide bonds. The molecule has 1 aromatic carbocycles. The lowest BCUT2D eigenvalue weighted by atomic mass is 10.1. The molecule has 1 aromatic rings. The van der Waals surface area contributed by atoms with E-state index in [0.717, 1.165) is 6.92 Å². The number of nitrogens with one attached hydrogen (secondary N) is 1. The number of ether oxygens (including phenoxy) is 1. The molecule has 2 N–H and O–H groups in total. The predicted molar refractivity (Wildman–Crippen MR) is 79.8 cm³/mol. The highest BCUT2D eigenvalue weighted by Gasteiger charge is 2.29. The van der Waals surface area contributed by atoms with Crippen molar-refractivity contribution in [2.75, 3.05) is 0 Å². The van der Waals surface area contributed by atoms with Crippen molar-refractivity contribution >= 4 is 16.0 Å². The maximum absolute atomic E-state index is 11.9. The highest BCUT2D eigenvalue weighted by atomic mass is 32.2. The fourth-order valence-corrected chi connectivity index (χ4v) is 2.78. The minimum atomic E-state index is -3.93. The second-order valence-electron chi connectivity index (χ2n) is 5.10. The predicted octanol–water partition coefficient (Wildman–Crippen LogP) is 1.93. The van der Waals surface area contributed by atoms with E-state index in [2.05, 4.69) is 4.72 Å². The Morgan fingerprint density at radius 1 is 1.24 bits per heavy atom. The van der Waals surface area contributed by atoms with E-state index >= 15 is 0 Å². The van der Waals surface area contributed by atoms with Crippen molar-refractivity contribution in [3.8, 4) is 5.75 Å². The Kier molecular flexibility index (Phi) is 5.74. The van der Waals surface area contributed by atoms with Gasteiger partial charge in [0, 0.05) is 6.04 Å². The van der Waals surface area contributed by atoms with E-state index in [1.54, 1.807) is 31.2 Å². The van der Waals surface area contributed by atoms with Crippen LogP contribution in [0.1, 0.15) is 39.3 Å². The summed E-state index contributed by atoms with van der Waals surface area (Å²) in [5, 5.41) is 7.30. The summed E-state index contributed by atoms with van der Waals surface area (Å²) in [5.74, 6) is -0.744. The molecule has 7 heteroatoms. The molecule has 0 bridgehead atoms. The van der Waals surface area contributed by atoms with Crippen molar-refractivity contribution in [3.63, 3.8) is 0 Å². The Balaban J connectivity index is 2.89. The number of carboxylic acid groups (broad SMARTS) is 1. The topological polar surface area (TPSA) is 92.7 Å². The van der Waals surface area contributed by atoms with E-state index in [1.165, 1.54) is 0 Å². The van der Waals surface area contributed by atoms with Crippen LogP contribution >= 0.6 is 0 Å². The second kappa shape index (κ2) is 6.91. The van der Waals surface area contributed by atoms with Crippen LogP contribution in [0.15, 0.2) is 24.3 Å². The third-order valence-corrected chi connectivity index (χ3v) is 4.70. The first-order valence-electron chi connectivity index (χ1n) is 6.64. The van der Waals surface area contributed by atoms with E-state index in [1.807, 2.05) is 13.8 Å². The summed E-state index contributed by atoms with van der Waals surface area (Å²) in [6.07, 6.45) is 0.0132. The lowest BCUT2D eigenvalue weighted by Crippen LogP contribution is -2.38. The first-order chi connectivity index (χ1) is 9.63. The summed E-state index contributed by atoms with van der Waals surface area (Å²) in [5.41, 5.74) is 0.703. The fourth-order valence-electron chi connectivity index (χ4n) is 1.68. The summed E-state index contributed by atoms with van der Waals surface area (Å²) >= 11 is 0. The molecule has 21 heavy (non-hydrogen) atoms. The van der Waals surface area contributed by atoms with Crippen molar-refractivity contribution in [2.45, 2.75) is 45.1 Å². The van der Waals surface area contributed by atoms with E-state index in [0.29, 0.717) is 11.3 Å². The number of carboxylic acids is 1. The van der Waals surface area contributed by atoms with Gasteiger partial charge in [-0.3, -0.25) is 4.79 Å². The van der Waals surface area contributed by atoms with Crippen LogP contribution in [0.25, 0.3) is 0 Å². The number of rotatable bonds is 7. The van der Waals surface area contributed by atoms with Crippen LogP contribution in [0.4, 0.5) is 0 Å². The molecule has 0 saturated carbocycles. The van der Waals surface area contributed by atoms with Gasteiger partial charge < -0.3 is 9.84 Å². The van der Waals surface area contributed by atoms with E-state index in [9.17, 15) is 13.2 Å². The van der Waals surface area contributed by atoms with Crippen molar-refractivity contribution < 1.29 is 23.1 Å². The van der Waals surface area contributed by atoms with Crippen LogP contribution in [0.2, 0.25) is 0 Å². The minimum Gasteiger partial charge on any atom is -0.491 e. The van der Waals surface area contributed by atoms with Crippen LogP contribution in [0, 0.1) is 0 Å². The molecular weight excluding hydrogens is 294 g/mol. The monoisotopic (exact) mass is 315 g/mol. The Morgan fingerprint density at radius 2 is 1.86 bits per heavy atom. The molecule has 0 aliphatic heterocycles. The number of carbonyl (C=O) groups is 1. The molecule has 0 aliphatic carbocycles. The third-order valence-electron chi connectivity index (χ3n) is 2.88. The van der Waals surface area contributed by atoms with Crippen LogP contribution in [-0.2, 0) is 14.8 Å². The molecule has 0 radical (unpaired) electrons. The SMILES string of the molecule is CC(C)Oc1cccc(C(C)NS(=O)(=O)C(C)C(=O)O)c1. The Hall–Kier alpha value is -1.60. The molecule has 2 unspecified atom stereocenters. The van der Waals surface area contributed by atoms with Crippen molar-refractivity contribution in [3.05, 3.63) is 29.8 Å². The Labute approximate surface area is 125 Å². The first-order valence-corrected chi connectivity index (χ1v) is 8.18. The van der Waals surface area contributed by atoms with Crippen LogP contribution in [0.3, 0.4) is 0 Å². The van der Waals surface area contributed by atoms with Gasteiger partial charge in [0.05, 0.1) is 6.10 Å². The second-order valence-corrected chi connectivity index (χ2v) is 7.14. The maximum Gasteiger partial charge on any atom is 0.323 e. The molecule has 1 rings (SSSR count). The van der Waals surface area contributed by atoms with Crippen molar-refractivity contribution in [1.29, 1.82) is 0 Å². The van der Waals surface area contributed by atoms with Gasteiger partial charge in [0.1, 0.15) is 5.75 Å². The number of sulfonamides is 1. The van der Waals surface area contributed by atoms with Gasteiger partial charge in [0.25, 0.3) is 0 Å². The molecule has 6 nitrogen and oxygen atoms in total. The van der Waals surface area contributed by atoms with E-state index in [4.69, 9.17) is 9.84 Å². The van der Waals surface area contributed by atoms with Gasteiger partial charge in [-0.2, -0.15) is 0 Å². The molecule has 0 aromatic heterocycles. The normalized spacial score (nSPS) is 14.7. The molecule has 2 atom stereocenters. The minimum absolute atomic E-state index is 0.0132. The number of hydrogen-bond acceptors (Lipinski definition) is 4. The Bertz CT molecular complexity index is 597. The standard InChI is InChI=1S/C14H21NO5S/c1-9(2)20-13-7-5-6-12(8-13)10(3)15-21(18,19)11(4)14(16)17/h5-11,15H,1-4H3,(H,16,17). The zero-order valence-electron chi connectivity index (χ0n) is 12.5. The highest BCUT2D eigenvalue weighted by Crippen LogP contribution is 2.21. The maximum atomic E-state index is 11.9. The number of benzene rings is 1. The largest absolute Gasteiger partial charge is 0.491 e. The average Bonchev–Trinajstić information content (AvgIpc) is 2.36. The van der Waals surface area contributed by atoms with Crippen LogP contribution < -0.4 is 9.46 Å². The average molecular weight is 315 g/mol. The third kappa shape index (κ3) is 5.02. The first kappa shape index (κ1) is 17.5. The Morgan fingerprint density at radius 3 is 2.38 bits per heavy atom. The molecule has 0 saturated heterocycles. The zero-order chi connectivity index (χ0) is 16.2. The quantitative estimate of drug-likeness (QED) is 0.802. The zero-order valence-corrected chi connectivity index (χ0v) is 13.3. The lowest BCUT2D eigenvalue weighted by molar-refractivity contribution is -0.136. The molecule has 0 fully saturated rings. The summed E-state index contributed by atoms with van der Waals surface area (Å²) < 4.78 is 31.7. The number of hydrogen-bond donors (Lipinski definition) is 2. The van der Waals surface area contributed by atoms with Gasteiger partial charge >= 0.3 is 5.97 Å². The van der Waals surface area contributed by atoms with Crippen molar-refractivity contribution in [1.82, 2.24) is 4.72 Å².